The smallest absolute Gasteiger partial charge is 0.270 e. The number of nitrogens with zero attached hydrogens (tertiary/aromatic N) is 4. The van der Waals surface area contributed by atoms with Gasteiger partial charge in [0.1, 0.15) is 5.82 Å². The van der Waals surface area contributed by atoms with Gasteiger partial charge in [0.25, 0.3) is 5.69 Å². The molecule has 2 heterocycles. The molecule has 0 bridgehead atoms. The minimum Gasteiger partial charge on any atom is -0.376 e. The summed E-state index contributed by atoms with van der Waals surface area (Å²) in [5, 5.41) is 11.0. The molecule has 0 saturated carbocycles. The number of non-ortho nitro benzene ring substituents is 1. The van der Waals surface area contributed by atoms with E-state index in [4.69, 9.17) is 4.74 Å². The molecule has 2 aromatic rings. The Hall–Kier alpha value is -2.54. The zero-order valence-electron chi connectivity index (χ0n) is 13.8. The third kappa shape index (κ3) is 3.68. The minimum absolute atomic E-state index is 0.0341. The van der Waals surface area contributed by atoms with Crippen molar-refractivity contribution in [3.8, 4) is 11.4 Å². The van der Waals surface area contributed by atoms with Crippen molar-refractivity contribution in [2.45, 2.75) is 25.9 Å². The zero-order valence-corrected chi connectivity index (χ0v) is 13.8. The first-order valence-corrected chi connectivity index (χ1v) is 7.96. The van der Waals surface area contributed by atoms with Gasteiger partial charge in [-0.2, -0.15) is 0 Å². The van der Waals surface area contributed by atoms with Crippen LogP contribution in [0.3, 0.4) is 0 Å². The van der Waals surface area contributed by atoms with Crippen molar-refractivity contribution < 1.29 is 9.66 Å². The maximum atomic E-state index is 11.0. The molecule has 1 aliphatic rings. The van der Waals surface area contributed by atoms with Gasteiger partial charge in [-0.15, -0.1) is 0 Å². The normalized spacial score (nSPS) is 17.0. The molecule has 1 atom stereocenters. The van der Waals surface area contributed by atoms with E-state index >= 15 is 0 Å². The first kappa shape index (κ1) is 16.3. The number of nitro groups is 1. The number of likely N-dealkylation sites (N-methyl/N-ethyl adjacent to an activating group) is 1. The number of benzene rings is 1. The van der Waals surface area contributed by atoms with Crippen molar-refractivity contribution in [2.24, 2.45) is 0 Å². The summed E-state index contributed by atoms with van der Waals surface area (Å²) in [4.78, 5) is 21.6. The van der Waals surface area contributed by atoms with Crippen molar-refractivity contribution >= 4 is 11.5 Å². The summed E-state index contributed by atoms with van der Waals surface area (Å²) in [6.07, 6.45) is 2.39. The lowest BCUT2D eigenvalue weighted by molar-refractivity contribution is -0.384. The van der Waals surface area contributed by atoms with Gasteiger partial charge in [0.2, 0.25) is 0 Å². The van der Waals surface area contributed by atoms with Crippen LogP contribution in [0.2, 0.25) is 0 Å². The summed E-state index contributed by atoms with van der Waals surface area (Å²) >= 11 is 0. The first-order chi connectivity index (χ1) is 11.5. The highest BCUT2D eigenvalue weighted by Gasteiger charge is 2.19. The van der Waals surface area contributed by atoms with E-state index in [0.29, 0.717) is 11.4 Å². The fourth-order valence-electron chi connectivity index (χ4n) is 2.82. The summed E-state index contributed by atoms with van der Waals surface area (Å²) < 4.78 is 5.67. The zero-order chi connectivity index (χ0) is 17.1. The van der Waals surface area contributed by atoms with Crippen LogP contribution >= 0.6 is 0 Å². The molecule has 0 aliphatic carbocycles. The highest BCUT2D eigenvalue weighted by Crippen LogP contribution is 2.24. The number of aryl methyl sites for hydroxylation is 1. The van der Waals surface area contributed by atoms with E-state index in [1.165, 1.54) is 12.1 Å². The van der Waals surface area contributed by atoms with E-state index in [9.17, 15) is 10.1 Å². The second-order valence-corrected chi connectivity index (χ2v) is 6.01. The van der Waals surface area contributed by atoms with Gasteiger partial charge in [-0.1, -0.05) is 12.1 Å². The number of aromatic nitrogens is 2. The lowest BCUT2D eigenvalue weighted by Crippen LogP contribution is -2.29. The molecule has 0 N–H and O–H groups in total. The van der Waals surface area contributed by atoms with Crippen molar-refractivity contribution in [1.82, 2.24) is 9.97 Å². The van der Waals surface area contributed by atoms with Crippen LogP contribution < -0.4 is 4.90 Å². The van der Waals surface area contributed by atoms with Crippen LogP contribution in [0.4, 0.5) is 11.5 Å². The molecule has 1 aliphatic heterocycles. The van der Waals surface area contributed by atoms with Gasteiger partial charge >= 0.3 is 0 Å². The third-order valence-electron chi connectivity index (χ3n) is 4.05. The van der Waals surface area contributed by atoms with Gasteiger partial charge in [-0.25, -0.2) is 9.97 Å². The number of nitro benzene ring substituents is 1. The highest BCUT2D eigenvalue weighted by atomic mass is 16.6. The second-order valence-electron chi connectivity index (χ2n) is 6.01. The van der Waals surface area contributed by atoms with E-state index in [2.05, 4.69) is 9.97 Å². The Morgan fingerprint density at radius 1 is 1.38 bits per heavy atom. The van der Waals surface area contributed by atoms with E-state index < -0.39 is 4.92 Å². The Kier molecular flexibility index (Phi) is 4.71. The SMILES string of the molecule is Cc1cc(N(C)CC2CCCO2)nc(-c2cccc([N+](=O)[O-])c2)n1. The maximum Gasteiger partial charge on any atom is 0.270 e. The molecule has 24 heavy (non-hydrogen) atoms. The minimum atomic E-state index is -0.413. The summed E-state index contributed by atoms with van der Waals surface area (Å²) in [7, 11) is 1.97. The van der Waals surface area contributed by atoms with Crippen LogP contribution in [-0.2, 0) is 4.74 Å². The largest absolute Gasteiger partial charge is 0.376 e. The maximum absolute atomic E-state index is 11.0. The molecule has 126 valence electrons. The summed E-state index contributed by atoms with van der Waals surface area (Å²) in [6, 6.07) is 8.30. The van der Waals surface area contributed by atoms with Crippen LogP contribution in [0.15, 0.2) is 30.3 Å². The molecule has 1 aromatic carbocycles. The Morgan fingerprint density at radius 3 is 2.92 bits per heavy atom. The number of ether oxygens (including phenoxy) is 1. The van der Waals surface area contributed by atoms with Gasteiger partial charge in [0.15, 0.2) is 5.82 Å². The Bertz CT molecular complexity index is 744. The van der Waals surface area contributed by atoms with E-state index in [1.807, 2.05) is 24.9 Å². The van der Waals surface area contributed by atoms with Crippen LogP contribution in [0.5, 0.6) is 0 Å². The average Bonchev–Trinajstić information content (AvgIpc) is 3.07. The molecule has 1 saturated heterocycles. The topological polar surface area (TPSA) is 81.4 Å². The quantitative estimate of drug-likeness (QED) is 0.620. The predicted octanol–water partition coefficient (Wildman–Crippen LogP) is 2.98. The molecular weight excluding hydrogens is 308 g/mol. The lowest BCUT2D eigenvalue weighted by Gasteiger charge is -2.22. The molecule has 7 nitrogen and oxygen atoms in total. The summed E-state index contributed by atoms with van der Waals surface area (Å²) in [5.74, 6) is 1.28. The monoisotopic (exact) mass is 328 g/mol. The fourth-order valence-corrected chi connectivity index (χ4v) is 2.82. The number of rotatable bonds is 5. The van der Waals surface area contributed by atoms with Crippen LogP contribution in [0.1, 0.15) is 18.5 Å². The Balaban J connectivity index is 1.88. The van der Waals surface area contributed by atoms with Crippen LogP contribution in [0, 0.1) is 17.0 Å². The average molecular weight is 328 g/mol. The van der Waals surface area contributed by atoms with Gasteiger partial charge < -0.3 is 9.64 Å². The van der Waals surface area contributed by atoms with E-state index in [1.54, 1.807) is 12.1 Å². The molecule has 0 spiro atoms. The van der Waals surface area contributed by atoms with E-state index in [0.717, 1.165) is 37.5 Å². The molecule has 1 aromatic heterocycles. The lowest BCUT2D eigenvalue weighted by atomic mass is 10.2. The van der Waals surface area contributed by atoms with Gasteiger partial charge in [0, 0.05) is 49.7 Å². The van der Waals surface area contributed by atoms with Crippen molar-refractivity contribution in [1.29, 1.82) is 0 Å². The number of hydrogen-bond acceptors (Lipinski definition) is 6. The first-order valence-electron chi connectivity index (χ1n) is 7.96. The van der Waals surface area contributed by atoms with E-state index in [-0.39, 0.29) is 11.8 Å². The molecule has 7 heteroatoms. The number of hydrogen-bond donors (Lipinski definition) is 0. The molecule has 1 unspecified atom stereocenters. The van der Waals surface area contributed by atoms with Gasteiger partial charge in [-0.3, -0.25) is 10.1 Å². The van der Waals surface area contributed by atoms with Crippen LogP contribution in [-0.4, -0.2) is 41.2 Å². The third-order valence-corrected chi connectivity index (χ3v) is 4.05. The Labute approximate surface area is 140 Å². The molecule has 1 fully saturated rings. The van der Waals surface area contributed by atoms with Gasteiger partial charge in [0.05, 0.1) is 11.0 Å². The summed E-state index contributed by atoms with van der Waals surface area (Å²) in [5.41, 5.74) is 1.49. The molecule has 0 radical (unpaired) electrons. The standard InChI is InChI=1S/C17H20N4O3/c1-12-9-16(20(2)11-15-7-4-8-24-15)19-17(18-12)13-5-3-6-14(10-13)21(22)23/h3,5-6,9-10,15H,4,7-8,11H2,1-2H3. The van der Waals surface area contributed by atoms with Crippen LogP contribution in [0.25, 0.3) is 11.4 Å². The second kappa shape index (κ2) is 6.92. The Morgan fingerprint density at radius 2 is 2.21 bits per heavy atom. The predicted molar refractivity (Wildman–Crippen MR) is 91.1 cm³/mol. The summed E-state index contributed by atoms with van der Waals surface area (Å²) in [6.45, 7) is 3.48. The number of anilines is 1. The molecule has 3 rings (SSSR count). The molecular formula is C17H20N4O3. The molecule has 0 amide bonds. The van der Waals surface area contributed by atoms with Crippen molar-refractivity contribution in [3.63, 3.8) is 0 Å². The van der Waals surface area contributed by atoms with Crippen molar-refractivity contribution in [3.05, 3.63) is 46.1 Å². The fraction of sp³-hybridized carbons (Fsp3) is 0.412. The van der Waals surface area contributed by atoms with Gasteiger partial charge in [-0.05, 0) is 19.8 Å². The highest BCUT2D eigenvalue weighted by molar-refractivity contribution is 5.61. The van der Waals surface area contributed by atoms with Crippen molar-refractivity contribution in [2.75, 3.05) is 25.1 Å².